The maximum Gasteiger partial charge on any atom is 0.430 e. The molecule has 194 valence electrons. The molecule has 0 radical (unpaired) electrons. The van der Waals surface area contributed by atoms with Gasteiger partial charge in [-0.25, -0.2) is 0 Å². The Labute approximate surface area is 201 Å². The fourth-order valence-electron chi connectivity index (χ4n) is 4.26. The molecule has 2 aromatic rings. The molecule has 1 fully saturated rings. The first-order valence-corrected chi connectivity index (χ1v) is 11.3. The summed E-state index contributed by atoms with van der Waals surface area (Å²) in [5, 5.41) is 9.76. The molecule has 0 amide bonds. The Bertz CT molecular complexity index is 1020. The number of hydrogen-bond donors (Lipinski definition) is 1. The molecule has 0 aliphatic carbocycles. The van der Waals surface area contributed by atoms with Crippen LogP contribution in [0.4, 0.5) is 26.3 Å². The molecule has 0 spiro atoms. The molecule has 10 heteroatoms. The molecule has 4 nitrogen and oxygen atoms in total. The SMILES string of the molecule is CCCc1cc(C(O)(C(F)(F)F)C(F)(F)F)ccc1Oc1cccc(CN2CN(C)C(C)(C)C2)c1. The van der Waals surface area contributed by atoms with Gasteiger partial charge in [0, 0.05) is 24.2 Å². The third-order valence-corrected chi connectivity index (χ3v) is 6.41. The molecule has 0 atom stereocenters. The van der Waals surface area contributed by atoms with Crippen molar-refractivity contribution in [3.05, 3.63) is 59.2 Å². The van der Waals surface area contributed by atoms with Crippen LogP contribution < -0.4 is 4.74 Å². The van der Waals surface area contributed by atoms with Crippen molar-refractivity contribution in [3.63, 3.8) is 0 Å². The summed E-state index contributed by atoms with van der Waals surface area (Å²) in [5.41, 5.74) is -5.11. The van der Waals surface area contributed by atoms with E-state index in [0.29, 0.717) is 24.8 Å². The molecule has 0 unspecified atom stereocenters. The Morgan fingerprint density at radius 3 is 2.20 bits per heavy atom. The summed E-state index contributed by atoms with van der Waals surface area (Å²) >= 11 is 0. The lowest BCUT2D eigenvalue weighted by molar-refractivity contribution is -0.376. The predicted molar refractivity (Wildman–Crippen MR) is 120 cm³/mol. The second-order valence-electron chi connectivity index (χ2n) is 9.67. The summed E-state index contributed by atoms with van der Waals surface area (Å²) in [4.78, 5) is 4.51. The maximum absolute atomic E-state index is 13.3. The highest BCUT2D eigenvalue weighted by Gasteiger charge is 2.71. The predicted octanol–water partition coefficient (Wildman–Crippen LogP) is 6.23. The van der Waals surface area contributed by atoms with E-state index >= 15 is 0 Å². The summed E-state index contributed by atoms with van der Waals surface area (Å²) in [6, 6.07) is 9.59. The zero-order chi connectivity index (χ0) is 26.2. The molecule has 0 aromatic heterocycles. The van der Waals surface area contributed by atoms with Gasteiger partial charge in [0.1, 0.15) is 11.5 Å². The number of hydrogen-bond acceptors (Lipinski definition) is 4. The topological polar surface area (TPSA) is 35.9 Å². The molecule has 0 saturated carbocycles. The summed E-state index contributed by atoms with van der Waals surface area (Å²) in [7, 11) is 2.05. The van der Waals surface area contributed by atoms with Gasteiger partial charge in [0.05, 0.1) is 6.67 Å². The highest BCUT2D eigenvalue weighted by Crippen LogP contribution is 2.50. The second-order valence-corrected chi connectivity index (χ2v) is 9.67. The molecule has 0 bridgehead atoms. The first kappa shape index (κ1) is 27.3. The van der Waals surface area contributed by atoms with Gasteiger partial charge in [-0.05, 0) is 62.7 Å². The lowest BCUT2D eigenvalue weighted by Crippen LogP contribution is -2.53. The van der Waals surface area contributed by atoms with Gasteiger partial charge in [-0.2, -0.15) is 26.3 Å². The zero-order valence-corrected chi connectivity index (χ0v) is 20.1. The van der Waals surface area contributed by atoms with Crippen LogP contribution >= 0.6 is 0 Å². The van der Waals surface area contributed by atoms with Gasteiger partial charge in [0.2, 0.25) is 0 Å². The third-order valence-electron chi connectivity index (χ3n) is 6.41. The monoisotopic (exact) mass is 504 g/mol. The van der Waals surface area contributed by atoms with Crippen molar-refractivity contribution in [2.45, 2.75) is 63.7 Å². The van der Waals surface area contributed by atoms with Crippen LogP contribution in [0, 0.1) is 0 Å². The van der Waals surface area contributed by atoms with Crippen molar-refractivity contribution >= 4 is 0 Å². The standard InChI is InChI=1S/C25H30F6N2O2/c1-5-7-18-13-19(23(34,24(26,27)28)25(29,30)31)10-11-21(18)35-20-9-6-8-17(12-20)14-33-15-22(2,3)32(4)16-33/h6,8-13,34H,5,7,14-16H2,1-4H3. The van der Waals surface area contributed by atoms with E-state index in [-0.39, 0.29) is 23.3 Å². The van der Waals surface area contributed by atoms with Crippen molar-refractivity contribution in [2.24, 2.45) is 0 Å². The van der Waals surface area contributed by atoms with Crippen molar-refractivity contribution < 1.29 is 36.2 Å². The minimum atomic E-state index is -5.94. The zero-order valence-electron chi connectivity index (χ0n) is 20.1. The van der Waals surface area contributed by atoms with Crippen LogP contribution in [0.1, 0.15) is 43.9 Å². The number of rotatable bonds is 7. The van der Waals surface area contributed by atoms with E-state index in [1.165, 1.54) is 0 Å². The van der Waals surface area contributed by atoms with Crippen molar-refractivity contribution in [1.29, 1.82) is 0 Å². The first-order valence-electron chi connectivity index (χ1n) is 11.3. The molecular formula is C25H30F6N2O2. The molecular weight excluding hydrogens is 474 g/mol. The van der Waals surface area contributed by atoms with Gasteiger partial charge in [0.15, 0.2) is 0 Å². The van der Waals surface area contributed by atoms with Crippen LogP contribution in [0.5, 0.6) is 11.5 Å². The highest BCUT2D eigenvalue weighted by atomic mass is 19.4. The molecule has 2 aromatic carbocycles. The minimum Gasteiger partial charge on any atom is -0.457 e. The Morgan fingerprint density at radius 2 is 1.66 bits per heavy atom. The van der Waals surface area contributed by atoms with Crippen molar-refractivity contribution in [1.82, 2.24) is 9.80 Å². The molecule has 1 N–H and O–H groups in total. The second kappa shape index (κ2) is 9.63. The Kier molecular flexibility index (Phi) is 7.51. The van der Waals surface area contributed by atoms with Crippen LogP contribution in [0.2, 0.25) is 0 Å². The van der Waals surface area contributed by atoms with Crippen LogP contribution in [0.3, 0.4) is 0 Å². The van der Waals surface area contributed by atoms with Crippen LogP contribution in [-0.2, 0) is 18.6 Å². The lowest BCUT2D eigenvalue weighted by Gasteiger charge is -2.33. The van der Waals surface area contributed by atoms with Crippen molar-refractivity contribution in [3.8, 4) is 11.5 Å². The van der Waals surface area contributed by atoms with Gasteiger partial charge < -0.3 is 9.84 Å². The van der Waals surface area contributed by atoms with Crippen LogP contribution in [0.15, 0.2) is 42.5 Å². The van der Waals surface area contributed by atoms with Crippen LogP contribution in [-0.4, -0.2) is 53.1 Å². The summed E-state index contributed by atoms with van der Waals surface area (Å²) in [6.07, 6.45) is -11.3. The first-order chi connectivity index (χ1) is 16.1. The summed E-state index contributed by atoms with van der Waals surface area (Å²) < 4.78 is 85.9. The number of likely N-dealkylation sites (N-methyl/N-ethyl adjacent to an activating group) is 1. The Balaban J connectivity index is 1.88. The van der Waals surface area contributed by atoms with E-state index in [9.17, 15) is 31.4 Å². The Hall–Kier alpha value is -2.30. The summed E-state index contributed by atoms with van der Waals surface area (Å²) in [5.74, 6) is 0.558. The number of alkyl halides is 6. The largest absolute Gasteiger partial charge is 0.457 e. The van der Waals surface area contributed by atoms with Crippen LogP contribution in [0.25, 0.3) is 0 Å². The summed E-state index contributed by atoms with van der Waals surface area (Å²) in [6.45, 7) is 8.38. The van der Waals surface area contributed by atoms with Gasteiger partial charge in [0.25, 0.3) is 5.60 Å². The normalized spacial score (nSPS) is 17.7. The van der Waals surface area contributed by atoms with Gasteiger partial charge in [-0.3, -0.25) is 9.80 Å². The van der Waals surface area contributed by atoms with Crippen molar-refractivity contribution in [2.75, 3.05) is 20.3 Å². The average molecular weight is 505 g/mol. The average Bonchev–Trinajstić information content (AvgIpc) is 2.98. The van der Waals surface area contributed by atoms with E-state index < -0.39 is 23.5 Å². The quantitative estimate of drug-likeness (QED) is 0.454. The van der Waals surface area contributed by atoms with E-state index in [4.69, 9.17) is 4.74 Å². The smallest absolute Gasteiger partial charge is 0.430 e. The minimum absolute atomic E-state index is 0.0413. The Morgan fingerprint density at radius 1 is 1.00 bits per heavy atom. The number of nitrogens with zero attached hydrogens (tertiary/aromatic N) is 2. The molecule has 1 aliphatic heterocycles. The fraction of sp³-hybridized carbons (Fsp3) is 0.520. The van der Waals surface area contributed by atoms with Gasteiger partial charge in [-0.1, -0.05) is 31.5 Å². The molecule has 3 rings (SSSR count). The van der Waals surface area contributed by atoms with Gasteiger partial charge >= 0.3 is 12.4 Å². The number of aryl methyl sites for hydroxylation is 1. The fourth-order valence-corrected chi connectivity index (χ4v) is 4.26. The lowest BCUT2D eigenvalue weighted by atomic mass is 9.90. The van der Waals surface area contributed by atoms with E-state index in [2.05, 4.69) is 30.7 Å². The number of halogens is 6. The van der Waals surface area contributed by atoms with E-state index in [1.807, 2.05) is 6.07 Å². The van der Waals surface area contributed by atoms with E-state index in [0.717, 1.165) is 30.9 Å². The number of aliphatic hydroxyl groups is 1. The molecule has 1 saturated heterocycles. The number of ether oxygens (including phenoxy) is 1. The number of benzene rings is 2. The maximum atomic E-state index is 13.3. The molecule has 35 heavy (non-hydrogen) atoms. The van der Waals surface area contributed by atoms with Gasteiger partial charge in [-0.15, -0.1) is 0 Å². The molecule has 1 heterocycles. The van der Waals surface area contributed by atoms with E-state index in [1.54, 1.807) is 25.1 Å². The molecule has 1 aliphatic rings. The third kappa shape index (κ3) is 5.59. The highest BCUT2D eigenvalue weighted by molar-refractivity contribution is 5.44.